The van der Waals surface area contributed by atoms with Crippen LogP contribution in [0.3, 0.4) is 0 Å². The van der Waals surface area contributed by atoms with E-state index in [-0.39, 0.29) is 23.6 Å². The Morgan fingerprint density at radius 2 is 2.05 bits per heavy atom. The Morgan fingerprint density at radius 3 is 2.58 bits per heavy atom. The Balaban J connectivity index is 2.04. The molecular formula is C13H18N2O3S. The van der Waals surface area contributed by atoms with E-state index in [1.165, 1.54) is 0 Å². The van der Waals surface area contributed by atoms with Gasteiger partial charge in [0, 0.05) is 18.3 Å². The van der Waals surface area contributed by atoms with E-state index in [4.69, 9.17) is 0 Å². The van der Waals surface area contributed by atoms with Gasteiger partial charge in [-0.1, -0.05) is 18.2 Å². The number of amides is 2. The van der Waals surface area contributed by atoms with Crippen molar-refractivity contribution in [3.05, 3.63) is 30.3 Å². The van der Waals surface area contributed by atoms with E-state index >= 15 is 0 Å². The van der Waals surface area contributed by atoms with Gasteiger partial charge in [0.15, 0.2) is 9.84 Å². The predicted octanol–water partition coefficient (Wildman–Crippen LogP) is 1.73. The van der Waals surface area contributed by atoms with Gasteiger partial charge in [-0.2, -0.15) is 0 Å². The van der Waals surface area contributed by atoms with Crippen molar-refractivity contribution < 1.29 is 13.2 Å². The maximum Gasteiger partial charge on any atom is 0.322 e. The average molecular weight is 282 g/mol. The maximum atomic E-state index is 12.2. The van der Waals surface area contributed by atoms with E-state index in [0.717, 1.165) is 0 Å². The molecule has 1 aliphatic rings. The highest BCUT2D eigenvalue weighted by Crippen LogP contribution is 2.18. The molecule has 1 aromatic rings. The zero-order chi connectivity index (χ0) is 13.9. The lowest BCUT2D eigenvalue weighted by molar-refractivity contribution is 0.197. The molecule has 5 nitrogen and oxygen atoms in total. The molecule has 1 N–H and O–H groups in total. The van der Waals surface area contributed by atoms with Gasteiger partial charge in [-0.25, -0.2) is 13.2 Å². The summed E-state index contributed by atoms with van der Waals surface area (Å²) in [5, 5.41) is 2.79. The second kappa shape index (κ2) is 5.61. The number of para-hydroxylation sites is 1. The second-order valence-corrected chi connectivity index (χ2v) is 6.87. The standard InChI is InChI=1S/C13H18N2O3S/c1-2-15(12-8-9-19(17,18)10-12)13(16)14-11-6-4-3-5-7-11/h3-7,12H,2,8-10H2,1H3,(H,14,16). The van der Waals surface area contributed by atoms with Crippen LogP contribution in [0.5, 0.6) is 0 Å². The third kappa shape index (κ3) is 3.47. The van der Waals surface area contributed by atoms with Crippen LogP contribution in [0.2, 0.25) is 0 Å². The van der Waals surface area contributed by atoms with Gasteiger partial charge >= 0.3 is 6.03 Å². The SMILES string of the molecule is CCN(C(=O)Nc1ccccc1)C1CCS(=O)(=O)C1. The molecule has 6 heteroatoms. The molecule has 1 unspecified atom stereocenters. The Morgan fingerprint density at radius 1 is 1.37 bits per heavy atom. The summed E-state index contributed by atoms with van der Waals surface area (Å²) in [6.45, 7) is 2.36. The van der Waals surface area contributed by atoms with Crippen LogP contribution in [0.4, 0.5) is 10.5 Å². The third-order valence-corrected chi connectivity index (χ3v) is 5.03. The molecule has 1 aromatic carbocycles. The number of benzene rings is 1. The van der Waals surface area contributed by atoms with Gasteiger partial charge in [-0.15, -0.1) is 0 Å². The normalized spacial score (nSPS) is 21.0. The van der Waals surface area contributed by atoms with E-state index in [0.29, 0.717) is 18.7 Å². The van der Waals surface area contributed by atoms with Crippen LogP contribution in [-0.4, -0.2) is 43.4 Å². The molecule has 0 bridgehead atoms. The van der Waals surface area contributed by atoms with Crippen molar-refractivity contribution in [1.29, 1.82) is 0 Å². The lowest BCUT2D eigenvalue weighted by Crippen LogP contribution is -2.43. The van der Waals surface area contributed by atoms with Crippen molar-refractivity contribution in [2.45, 2.75) is 19.4 Å². The van der Waals surface area contributed by atoms with Crippen molar-refractivity contribution in [3.8, 4) is 0 Å². The Hall–Kier alpha value is -1.56. The summed E-state index contributed by atoms with van der Waals surface area (Å²) in [6.07, 6.45) is 0.526. The zero-order valence-electron chi connectivity index (χ0n) is 10.9. The van der Waals surface area contributed by atoms with E-state index in [1.54, 1.807) is 17.0 Å². The smallest absolute Gasteiger partial charge is 0.321 e. The highest BCUT2D eigenvalue weighted by atomic mass is 32.2. The number of anilines is 1. The van der Waals surface area contributed by atoms with Crippen molar-refractivity contribution >= 4 is 21.6 Å². The molecule has 19 heavy (non-hydrogen) atoms. The van der Waals surface area contributed by atoms with Crippen molar-refractivity contribution in [3.63, 3.8) is 0 Å². The van der Waals surface area contributed by atoms with Crippen LogP contribution >= 0.6 is 0 Å². The molecule has 1 fully saturated rings. The van der Waals surface area contributed by atoms with Crippen LogP contribution in [0.25, 0.3) is 0 Å². The molecule has 104 valence electrons. The molecule has 0 aromatic heterocycles. The van der Waals surface area contributed by atoms with Gasteiger partial charge in [-0.05, 0) is 25.5 Å². The zero-order valence-corrected chi connectivity index (χ0v) is 11.7. The number of nitrogens with one attached hydrogen (secondary N) is 1. The van der Waals surface area contributed by atoms with E-state index in [1.807, 2.05) is 25.1 Å². The van der Waals surface area contributed by atoms with Crippen LogP contribution < -0.4 is 5.32 Å². The van der Waals surface area contributed by atoms with Crippen molar-refractivity contribution in [1.82, 2.24) is 4.90 Å². The molecule has 1 saturated heterocycles. The fourth-order valence-corrected chi connectivity index (χ4v) is 4.04. The minimum absolute atomic E-state index is 0.0725. The quantitative estimate of drug-likeness (QED) is 0.918. The molecule has 2 amide bonds. The largest absolute Gasteiger partial charge is 0.322 e. The number of carbonyl (C=O) groups excluding carboxylic acids is 1. The van der Waals surface area contributed by atoms with E-state index in [9.17, 15) is 13.2 Å². The Labute approximate surface area is 113 Å². The molecule has 2 rings (SSSR count). The second-order valence-electron chi connectivity index (χ2n) is 4.64. The first-order chi connectivity index (χ1) is 9.02. The Kier molecular flexibility index (Phi) is 4.09. The van der Waals surface area contributed by atoms with Gasteiger partial charge in [0.2, 0.25) is 0 Å². The topological polar surface area (TPSA) is 66.5 Å². The van der Waals surface area contributed by atoms with Crippen molar-refractivity contribution in [2.75, 3.05) is 23.4 Å². The highest BCUT2D eigenvalue weighted by Gasteiger charge is 2.33. The summed E-state index contributed by atoms with van der Waals surface area (Å²) in [6, 6.07) is 8.71. The first-order valence-corrected chi connectivity index (χ1v) is 8.17. The lowest BCUT2D eigenvalue weighted by Gasteiger charge is -2.27. The van der Waals surface area contributed by atoms with Crippen LogP contribution in [0.15, 0.2) is 30.3 Å². The minimum Gasteiger partial charge on any atom is -0.321 e. The van der Waals surface area contributed by atoms with Gasteiger partial charge in [0.25, 0.3) is 0 Å². The number of urea groups is 1. The fourth-order valence-electron chi connectivity index (χ4n) is 2.31. The summed E-state index contributed by atoms with van der Waals surface area (Å²) >= 11 is 0. The van der Waals surface area contributed by atoms with Crippen LogP contribution in [0.1, 0.15) is 13.3 Å². The van der Waals surface area contributed by atoms with Gasteiger partial charge < -0.3 is 10.2 Å². The summed E-state index contributed by atoms with van der Waals surface area (Å²) in [5.74, 6) is 0.246. The van der Waals surface area contributed by atoms with Crippen molar-refractivity contribution in [2.24, 2.45) is 0 Å². The lowest BCUT2D eigenvalue weighted by atomic mass is 10.2. The molecule has 1 aliphatic heterocycles. The number of hydrogen-bond acceptors (Lipinski definition) is 3. The van der Waals surface area contributed by atoms with Gasteiger partial charge in [0.05, 0.1) is 11.5 Å². The molecule has 0 saturated carbocycles. The molecule has 0 spiro atoms. The number of hydrogen-bond donors (Lipinski definition) is 1. The third-order valence-electron chi connectivity index (χ3n) is 3.28. The van der Waals surface area contributed by atoms with Crippen LogP contribution in [0, 0.1) is 0 Å². The monoisotopic (exact) mass is 282 g/mol. The number of nitrogens with zero attached hydrogens (tertiary/aromatic N) is 1. The molecule has 1 atom stereocenters. The van der Waals surface area contributed by atoms with E-state index < -0.39 is 9.84 Å². The summed E-state index contributed by atoms with van der Waals surface area (Å²) in [5.41, 5.74) is 0.715. The fraction of sp³-hybridized carbons (Fsp3) is 0.462. The summed E-state index contributed by atoms with van der Waals surface area (Å²) in [4.78, 5) is 13.8. The number of rotatable bonds is 3. The highest BCUT2D eigenvalue weighted by molar-refractivity contribution is 7.91. The predicted molar refractivity (Wildman–Crippen MR) is 74.9 cm³/mol. The van der Waals surface area contributed by atoms with Crippen LogP contribution in [-0.2, 0) is 9.84 Å². The summed E-state index contributed by atoms with van der Waals surface area (Å²) < 4.78 is 23.0. The van der Waals surface area contributed by atoms with E-state index in [2.05, 4.69) is 5.32 Å². The Bertz CT molecular complexity index is 542. The number of sulfone groups is 1. The maximum absolute atomic E-state index is 12.2. The first kappa shape index (κ1) is 13.9. The number of carbonyl (C=O) groups is 1. The van der Waals surface area contributed by atoms with Gasteiger partial charge in [0.1, 0.15) is 0 Å². The summed E-state index contributed by atoms with van der Waals surface area (Å²) in [7, 11) is -2.98. The average Bonchev–Trinajstić information content (AvgIpc) is 2.72. The first-order valence-electron chi connectivity index (χ1n) is 6.35. The molecule has 0 radical (unpaired) electrons. The molecule has 1 heterocycles. The van der Waals surface area contributed by atoms with Gasteiger partial charge in [-0.3, -0.25) is 0 Å². The minimum atomic E-state index is -2.98. The molecule has 0 aliphatic carbocycles. The molecular weight excluding hydrogens is 264 g/mol.